The average molecular weight is 500 g/mol. The van der Waals surface area contributed by atoms with Gasteiger partial charge in [-0.05, 0) is 52.2 Å². The summed E-state index contributed by atoms with van der Waals surface area (Å²) in [4.78, 5) is 58.5. The fraction of sp³-hybridized carbons (Fsp3) is 0.458. The van der Waals surface area contributed by atoms with Gasteiger partial charge in [0.05, 0.1) is 17.9 Å². The third-order valence-electron chi connectivity index (χ3n) is 5.84. The molecule has 1 fully saturated rings. The monoisotopic (exact) mass is 499 g/mol. The Balaban J connectivity index is 1.72. The van der Waals surface area contributed by atoms with Gasteiger partial charge in [-0.3, -0.25) is 18.7 Å². The number of nitrogens with zero attached hydrogens (tertiary/aromatic N) is 4. The topological polar surface area (TPSA) is 116 Å². The Morgan fingerprint density at radius 1 is 1.14 bits per heavy atom. The fourth-order valence-electron chi connectivity index (χ4n) is 4.17. The van der Waals surface area contributed by atoms with Crippen molar-refractivity contribution in [1.29, 1.82) is 0 Å². The Morgan fingerprint density at radius 2 is 1.86 bits per heavy atom. The number of anilines is 2. The Bertz CT molecular complexity index is 1370. The third kappa shape index (κ3) is 5.00. The number of benzene rings is 1. The van der Waals surface area contributed by atoms with Gasteiger partial charge in [0.2, 0.25) is 5.91 Å². The number of piperidine rings is 1. The number of para-hydroxylation sites is 1. The summed E-state index contributed by atoms with van der Waals surface area (Å²) >= 11 is 1.26. The van der Waals surface area contributed by atoms with E-state index in [2.05, 4.69) is 15.2 Å². The molecule has 35 heavy (non-hydrogen) atoms. The summed E-state index contributed by atoms with van der Waals surface area (Å²) in [5.41, 5.74) is -0.290. The highest BCUT2D eigenvalue weighted by Gasteiger charge is 2.24. The van der Waals surface area contributed by atoms with Crippen LogP contribution < -0.4 is 21.5 Å². The van der Waals surface area contributed by atoms with Gasteiger partial charge in [0.25, 0.3) is 5.56 Å². The van der Waals surface area contributed by atoms with Gasteiger partial charge in [-0.25, -0.2) is 14.6 Å². The molecule has 1 aliphatic heterocycles. The van der Waals surface area contributed by atoms with E-state index in [0.717, 1.165) is 36.9 Å². The van der Waals surface area contributed by atoms with Crippen LogP contribution >= 0.6 is 11.3 Å². The molecule has 1 saturated heterocycles. The number of hydrogen-bond donors (Lipinski definition) is 1. The number of carbonyl (C=O) groups excluding carboxylic acids is 2. The average Bonchev–Trinajstić information content (AvgIpc) is 3.28. The maximum absolute atomic E-state index is 13.3. The second-order valence-corrected chi connectivity index (χ2v) is 9.63. The molecule has 0 aliphatic carbocycles. The molecule has 0 spiro atoms. The number of carbonyl (C=O) groups is 2. The minimum Gasteiger partial charge on any atom is -0.462 e. The second kappa shape index (κ2) is 10.4. The number of amides is 1. The molecule has 10 nitrogen and oxygen atoms in total. The van der Waals surface area contributed by atoms with Crippen LogP contribution in [-0.2, 0) is 16.1 Å². The van der Waals surface area contributed by atoms with Crippen LogP contribution in [0.5, 0.6) is 0 Å². The molecule has 4 rings (SSSR count). The van der Waals surface area contributed by atoms with Gasteiger partial charge in [0, 0.05) is 19.1 Å². The Morgan fingerprint density at radius 3 is 2.54 bits per heavy atom. The first-order chi connectivity index (χ1) is 16.8. The predicted molar refractivity (Wildman–Crippen MR) is 136 cm³/mol. The van der Waals surface area contributed by atoms with Crippen LogP contribution in [0, 0.1) is 0 Å². The van der Waals surface area contributed by atoms with Crippen molar-refractivity contribution in [2.45, 2.75) is 52.6 Å². The van der Waals surface area contributed by atoms with E-state index in [1.54, 1.807) is 45.0 Å². The summed E-state index contributed by atoms with van der Waals surface area (Å²) in [5, 5.41) is 3.38. The van der Waals surface area contributed by atoms with Crippen LogP contribution in [0.4, 0.5) is 10.8 Å². The standard InChI is InChI=1S/C24H29N5O5S/c1-4-34-22(32)16-10-6-7-11-17(16)25-18(30)14-28-20-19(21(31)29(15(2)3)24(28)33)35-23(26-20)27-12-8-5-9-13-27/h6-7,10-11,15H,4-5,8-9,12-14H2,1-3H3,(H,25,30). The van der Waals surface area contributed by atoms with E-state index < -0.39 is 29.2 Å². The van der Waals surface area contributed by atoms with Crippen LogP contribution in [0.25, 0.3) is 10.3 Å². The highest BCUT2D eigenvalue weighted by atomic mass is 32.1. The predicted octanol–water partition coefficient (Wildman–Crippen LogP) is 3.01. The molecule has 3 aromatic rings. The first-order valence-electron chi connectivity index (χ1n) is 11.8. The van der Waals surface area contributed by atoms with E-state index >= 15 is 0 Å². The number of rotatable bonds is 7. The van der Waals surface area contributed by atoms with Crippen LogP contribution in [0.3, 0.4) is 0 Å². The number of fused-ring (bicyclic) bond motifs is 1. The fourth-order valence-corrected chi connectivity index (χ4v) is 5.23. The molecule has 0 bridgehead atoms. The van der Waals surface area contributed by atoms with Crippen molar-refractivity contribution < 1.29 is 14.3 Å². The molecule has 11 heteroatoms. The molecular weight excluding hydrogens is 470 g/mol. The molecule has 1 amide bonds. The van der Waals surface area contributed by atoms with Crippen molar-refractivity contribution in [3.63, 3.8) is 0 Å². The quantitative estimate of drug-likeness (QED) is 0.497. The number of hydrogen-bond acceptors (Lipinski definition) is 8. The lowest BCUT2D eigenvalue weighted by atomic mass is 10.1. The minimum absolute atomic E-state index is 0.203. The molecular formula is C24H29N5O5S. The van der Waals surface area contributed by atoms with Gasteiger partial charge >= 0.3 is 11.7 Å². The molecule has 186 valence electrons. The number of thiazole rings is 1. The van der Waals surface area contributed by atoms with Crippen molar-refractivity contribution in [2.24, 2.45) is 0 Å². The first kappa shape index (κ1) is 24.6. The molecule has 1 N–H and O–H groups in total. The Hall–Kier alpha value is -3.47. The van der Waals surface area contributed by atoms with E-state index in [9.17, 15) is 19.2 Å². The van der Waals surface area contributed by atoms with Crippen LogP contribution in [-0.4, -0.2) is 45.7 Å². The second-order valence-electron chi connectivity index (χ2n) is 8.65. The lowest BCUT2D eigenvalue weighted by Gasteiger charge is -2.25. The summed E-state index contributed by atoms with van der Waals surface area (Å²) in [6, 6.07) is 6.12. The summed E-state index contributed by atoms with van der Waals surface area (Å²) in [6.07, 6.45) is 3.24. The number of esters is 1. The maximum atomic E-state index is 13.3. The van der Waals surface area contributed by atoms with Crippen molar-refractivity contribution in [2.75, 3.05) is 29.9 Å². The van der Waals surface area contributed by atoms with Crippen LogP contribution in [0.1, 0.15) is 56.4 Å². The van der Waals surface area contributed by atoms with Gasteiger partial charge in [-0.1, -0.05) is 23.5 Å². The third-order valence-corrected chi connectivity index (χ3v) is 6.94. The van der Waals surface area contributed by atoms with Crippen molar-refractivity contribution in [3.8, 4) is 0 Å². The zero-order valence-electron chi connectivity index (χ0n) is 20.1. The number of ether oxygens (including phenoxy) is 1. The van der Waals surface area contributed by atoms with Crippen molar-refractivity contribution in [3.05, 3.63) is 50.7 Å². The summed E-state index contributed by atoms with van der Waals surface area (Å²) < 4.78 is 7.80. The van der Waals surface area contributed by atoms with Gasteiger partial charge in [0.1, 0.15) is 11.2 Å². The molecule has 1 aliphatic rings. The number of aromatic nitrogens is 3. The van der Waals surface area contributed by atoms with Crippen molar-refractivity contribution in [1.82, 2.24) is 14.1 Å². The zero-order chi connectivity index (χ0) is 25.1. The summed E-state index contributed by atoms with van der Waals surface area (Å²) in [6.45, 7) is 6.73. The summed E-state index contributed by atoms with van der Waals surface area (Å²) in [7, 11) is 0. The van der Waals surface area contributed by atoms with Gasteiger partial charge in [-0.15, -0.1) is 0 Å². The molecule has 0 unspecified atom stereocenters. The maximum Gasteiger partial charge on any atom is 0.340 e. The highest BCUT2D eigenvalue weighted by Crippen LogP contribution is 2.28. The smallest absolute Gasteiger partial charge is 0.340 e. The molecule has 3 heterocycles. The van der Waals surface area contributed by atoms with E-state index in [-0.39, 0.29) is 30.0 Å². The molecule has 1 aromatic carbocycles. The minimum atomic E-state index is -0.596. The van der Waals surface area contributed by atoms with Gasteiger partial charge in [0.15, 0.2) is 10.8 Å². The SMILES string of the molecule is CCOC(=O)c1ccccc1NC(=O)Cn1c(=O)n(C(C)C)c(=O)c2sc(N3CCCCC3)nc21. The lowest BCUT2D eigenvalue weighted by molar-refractivity contribution is -0.116. The Labute approximate surface area is 206 Å². The van der Waals surface area contributed by atoms with Gasteiger partial charge in [-0.2, -0.15) is 0 Å². The Kier molecular flexibility index (Phi) is 7.34. The normalized spacial score (nSPS) is 13.9. The van der Waals surface area contributed by atoms with E-state index in [4.69, 9.17) is 4.74 Å². The van der Waals surface area contributed by atoms with Crippen molar-refractivity contribution >= 4 is 44.4 Å². The number of nitrogens with one attached hydrogen (secondary N) is 1. The van der Waals surface area contributed by atoms with E-state index in [1.165, 1.54) is 15.9 Å². The molecule has 0 atom stereocenters. The van der Waals surface area contributed by atoms with Crippen LogP contribution in [0.2, 0.25) is 0 Å². The van der Waals surface area contributed by atoms with E-state index in [0.29, 0.717) is 9.83 Å². The highest BCUT2D eigenvalue weighted by molar-refractivity contribution is 7.22. The first-order valence-corrected chi connectivity index (χ1v) is 12.6. The van der Waals surface area contributed by atoms with Crippen LogP contribution in [0.15, 0.2) is 33.9 Å². The largest absolute Gasteiger partial charge is 0.462 e. The summed E-state index contributed by atoms with van der Waals surface area (Å²) in [5.74, 6) is -1.08. The molecule has 0 saturated carbocycles. The lowest BCUT2D eigenvalue weighted by Crippen LogP contribution is -2.42. The molecule has 0 radical (unpaired) electrons. The van der Waals surface area contributed by atoms with E-state index in [1.807, 2.05) is 0 Å². The molecule has 2 aromatic heterocycles. The zero-order valence-corrected chi connectivity index (χ0v) is 20.9. The van der Waals surface area contributed by atoms with Gasteiger partial charge < -0.3 is 15.0 Å².